The summed E-state index contributed by atoms with van der Waals surface area (Å²) in [6, 6.07) is 25.1. The van der Waals surface area contributed by atoms with Crippen LogP contribution < -0.4 is 0 Å². The standard InChI is InChI=1S/C29H27NO8S2/c1-34-40-30-18-22-23(36-26(31)19-12-6-3-7-13-19)24(37-27(32)20-14-8-4-9-15-20)25(29(35-22)39-2)38-28(33)21-16-10-5-11-17-21/h3-18,22-25,29H,1-2H3/b30-18+/t22-,23?,24?,25-,29?/m1/s1. The van der Waals surface area contributed by atoms with Gasteiger partial charge in [0.2, 0.25) is 0 Å². The number of carbonyl (C=O) groups is 3. The zero-order valence-corrected chi connectivity index (χ0v) is 23.3. The van der Waals surface area contributed by atoms with Crippen molar-refractivity contribution in [2.24, 2.45) is 4.40 Å². The summed E-state index contributed by atoms with van der Waals surface area (Å²) in [5.74, 6) is -2.01. The Kier molecular flexibility index (Phi) is 10.8. The predicted octanol–water partition coefficient (Wildman–Crippen LogP) is 5.03. The van der Waals surface area contributed by atoms with Crippen LogP contribution in [0.3, 0.4) is 0 Å². The average Bonchev–Trinajstić information content (AvgIpc) is 3.00. The highest BCUT2D eigenvalue weighted by Gasteiger charge is 2.52. The van der Waals surface area contributed by atoms with E-state index in [0.29, 0.717) is 5.56 Å². The molecule has 4 rings (SSSR count). The van der Waals surface area contributed by atoms with Gasteiger partial charge in [-0.2, -0.15) is 4.40 Å². The largest absolute Gasteiger partial charge is 0.451 e. The predicted molar refractivity (Wildman–Crippen MR) is 152 cm³/mol. The lowest BCUT2D eigenvalue weighted by Crippen LogP contribution is -2.61. The van der Waals surface area contributed by atoms with E-state index < -0.39 is 47.8 Å². The molecule has 5 atom stereocenters. The maximum Gasteiger partial charge on any atom is 0.338 e. The summed E-state index contributed by atoms with van der Waals surface area (Å²) in [6.45, 7) is 0. The van der Waals surface area contributed by atoms with Crippen molar-refractivity contribution in [1.29, 1.82) is 0 Å². The van der Waals surface area contributed by atoms with E-state index in [1.165, 1.54) is 25.1 Å². The van der Waals surface area contributed by atoms with Gasteiger partial charge in [0.1, 0.15) is 23.8 Å². The first-order chi connectivity index (χ1) is 19.5. The number of hydrogen-bond acceptors (Lipinski definition) is 11. The molecule has 11 heteroatoms. The number of ether oxygens (including phenoxy) is 4. The van der Waals surface area contributed by atoms with E-state index in [4.69, 9.17) is 23.1 Å². The Balaban J connectivity index is 1.73. The molecule has 208 valence electrons. The molecule has 3 aromatic rings. The fourth-order valence-corrected chi connectivity index (χ4v) is 4.94. The average molecular weight is 582 g/mol. The fourth-order valence-electron chi connectivity index (χ4n) is 3.96. The molecule has 0 N–H and O–H groups in total. The molecule has 1 aliphatic heterocycles. The summed E-state index contributed by atoms with van der Waals surface area (Å²) in [7, 11) is 1.45. The van der Waals surface area contributed by atoms with Crippen LogP contribution in [0.15, 0.2) is 95.4 Å². The van der Waals surface area contributed by atoms with Crippen LogP contribution in [-0.2, 0) is 23.1 Å². The Morgan fingerprint density at radius 2 is 1.12 bits per heavy atom. The van der Waals surface area contributed by atoms with Crippen molar-refractivity contribution in [3.8, 4) is 0 Å². The van der Waals surface area contributed by atoms with Crippen molar-refractivity contribution in [1.82, 2.24) is 0 Å². The van der Waals surface area contributed by atoms with Gasteiger partial charge in [0.25, 0.3) is 0 Å². The lowest BCUT2D eigenvalue weighted by Gasteiger charge is -2.43. The minimum atomic E-state index is -1.25. The summed E-state index contributed by atoms with van der Waals surface area (Å²) in [6.07, 6.45) is -1.41. The second-order valence-corrected chi connectivity index (χ2v) is 10.0. The summed E-state index contributed by atoms with van der Waals surface area (Å²) in [4.78, 5) is 39.6. The molecule has 40 heavy (non-hydrogen) atoms. The first-order valence-electron chi connectivity index (χ1n) is 12.2. The molecular weight excluding hydrogens is 554 g/mol. The van der Waals surface area contributed by atoms with E-state index in [1.54, 1.807) is 97.3 Å². The van der Waals surface area contributed by atoms with Crippen LogP contribution in [0.5, 0.6) is 0 Å². The van der Waals surface area contributed by atoms with E-state index in [0.717, 1.165) is 12.2 Å². The third kappa shape index (κ3) is 7.51. The highest BCUT2D eigenvalue weighted by molar-refractivity contribution is 7.99. The quantitative estimate of drug-likeness (QED) is 0.106. The number of esters is 3. The fraction of sp³-hybridized carbons (Fsp3) is 0.241. The van der Waals surface area contributed by atoms with Gasteiger partial charge in [0.15, 0.2) is 18.3 Å². The summed E-state index contributed by atoms with van der Waals surface area (Å²) >= 11 is 2.04. The van der Waals surface area contributed by atoms with Crippen molar-refractivity contribution >= 4 is 48.1 Å². The molecule has 0 amide bonds. The maximum atomic E-state index is 13.3. The van der Waals surface area contributed by atoms with Crippen LogP contribution in [-0.4, -0.2) is 67.3 Å². The van der Waals surface area contributed by atoms with E-state index in [-0.39, 0.29) is 11.1 Å². The molecule has 0 saturated carbocycles. The van der Waals surface area contributed by atoms with Gasteiger partial charge in [-0.3, -0.25) is 4.18 Å². The van der Waals surface area contributed by atoms with Crippen molar-refractivity contribution < 1.29 is 37.5 Å². The smallest absolute Gasteiger partial charge is 0.338 e. The van der Waals surface area contributed by atoms with Crippen LogP contribution >= 0.6 is 24.0 Å². The number of rotatable bonds is 10. The summed E-state index contributed by atoms with van der Waals surface area (Å²) in [5, 5.41) is 0. The van der Waals surface area contributed by atoms with E-state index in [1.807, 2.05) is 0 Å². The third-order valence-corrected chi connectivity index (χ3v) is 7.05. The second kappa shape index (κ2) is 14.7. The molecule has 0 spiro atoms. The molecule has 3 aromatic carbocycles. The molecule has 9 nitrogen and oxygen atoms in total. The molecule has 0 aromatic heterocycles. The van der Waals surface area contributed by atoms with Crippen molar-refractivity contribution in [2.45, 2.75) is 29.9 Å². The monoisotopic (exact) mass is 581 g/mol. The number of carbonyl (C=O) groups excluding carboxylic acids is 3. The van der Waals surface area contributed by atoms with Gasteiger partial charge in [-0.25, -0.2) is 14.4 Å². The highest BCUT2D eigenvalue weighted by atomic mass is 32.2. The van der Waals surface area contributed by atoms with E-state index in [2.05, 4.69) is 4.40 Å². The zero-order chi connectivity index (χ0) is 28.3. The van der Waals surface area contributed by atoms with Crippen molar-refractivity contribution in [3.63, 3.8) is 0 Å². The van der Waals surface area contributed by atoms with Crippen molar-refractivity contribution in [3.05, 3.63) is 108 Å². The van der Waals surface area contributed by atoms with Gasteiger partial charge >= 0.3 is 17.9 Å². The molecule has 1 heterocycles. The first-order valence-corrected chi connectivity index (χ1v) is 14.2. The van der Waals surface area contributed by atoms with E-state index >= 15 is 0 Å². The molecular formula is C29H27NO8S2. The van der Waals surface area contributed by atoms with Gasteiger partial charge in [-0.1, -0.05) is 54.6 Å². The number of thioether (sulfide) groups is 1. The highest BCUT2D eigenvalue weighted by Crippen LogP contribution is 2.34. The number of nitrogens with zero attached hydrogens (tertiary/aromatic N) is 1. The zero-order valence-electron chi connectivity index (χ0n) is 21.7. The minimum absolute atomic E-state index is 0.274. The Labute approximate surface area is 240 Å². The van der Waals surface area contributed by atoms with Crippen LogP contribution in [0.25, 0.3) is 0 Å². The normalized spacial score (nSPS) is 22.4. The minimum Gasteiger partial charge on any atom is -0.451 e. The van der Waals surface area contributed by atoms with Crippen LogP contribution in [0.4, 0.5) is 0 Å². The van der Waals surface area contributed by atoms with Gasteiger partial charge in [0.05, 0.1) is 23.8 Å². The third-order valence-electron chi connectivity index (χ3n) is 5.85. The first kappa shape index (κ1) is 29.3. The van der Waals surface area contributed by atoms with Crippen LogP contribution in [0.2, 0.25) is 0 Å². The maximum absolute atomic E-state index is 13.3. The number of hydrogen-bond donors (Lipinski definition) is 0. The molecule has 3 unspecified atom stereocenters. The molecule has 1 fully saturated rings. The second-order valence-electron chi connectivity index (χ2n) is 8.41. The Bertz CT molecular complexity index is 1290. The lowest BCUT2D eigenvalue weighted by molar-refractivity contribution is -0.181. The molecule has 1 saturated heterocycles. The SMILES string of the molecule is COS/N=C/[C@H]1OC(SC)[C@H](OC(=O)c2ccccc2)C(OC(=O)c2ccccc2)C1OC(=O)c1ccccc1. The summed E-state index contributed by atoms with van der Waals surface area (Å²) < 4.78 is 33.0. The molecule has 0 radical (unpaired) electrons. The van der Waals surface area contributed by atoms with E-state index in [9.17, 15) is 14.4 Å². The molecule has 0 bridgehead atoms. The van der Waals surface area contributed by atoms with Gasteiger partial charge in [0, 0.05) is 6.21 Å². The van der Waals surface area contributed by atoms with Crippen LogP contribution in [0.1, 0.15) is 31.1 Å². The van der Waals surface area contributed by atoms with Crippen molar-refractivity contribution in [2.75, 3.05) is 13.4 Å². The topological polar surface area (TPSA) is 110 Å². The Hall–Kier alpha value is -3.64. The molecule has 0 aliphatic carbocycles. The Morgan fingerprint density at radius 1 is 0.700 bits per heavy atom. The van der Waals surface area contributed by atoms with Gasteiger partial charge in [-0.15, -0.1) is 11.8 Å². The summed E-state index contributed by atoms with van der Waals surface area (Å²) in [5.41, 5.74) is 0.0592. The van der Waals surface area contributed by atoms with Gasteiger partial charge in [-0.05, 0) is 42.7 Å². The number of benzene rings is 3. The molecule has 1 aliphatic rings. The Morgan fingerprint density at radius 3 is 1.55 bits per heavy atom. The lowest BCUT2D eigenvalue weighted by atomic mass is 9.99. The van der Waals surface area contributed by atoms with Crippen LogP contribution in [0, 0.1) is 0 Å². The van der Waals surface area contributed by atoms with Gasteiger partial charge < -0.3 is 18.9 Å².